The average molecular weight is 277 g/mol. The number of ether oxygens (including phenoxy) is 2. The predicted octanol–water partition coefficient (Wildman–Crippen LogP) is 4.92. The molecule has 0 N–H and O–H groups in total. The lowest BCUT2D eigenvalue weighted by Gasteiger charge is -2.13. The molecule has 0 radical (unpaired) electrons. The number of hydrogen-bond donors (Lipinski definition) is 0. The van der Waals surface area contributed by atoms with Crippen molar-refractivity contribution in [3.05, 3.63) is 53.6 Å². The minimum atomic E-state index is 0.424. The standard InChI is InChI=1S/C16H17ClO2/c1-3-18-15-6-4-5-7-16(15)19-14-9-8-12(2)10-13(14)11-17/h4-10H,3,11H2,1-2H3. The first-order chi connectivity index (χ1) is 9.24. The summed E-state index contributed by atoms with van der Waals surface area (Å²) in [6.45, 7) is 4.59. The van der Waals surface area contributed by atoms with Gasteiger partial charge in [0.05, 0.1) is 12.5 Å². The summed E-state index contributed by atoms with van der Waals surface area (Å²) in [6, 6.07) is 13.6. The molecule has 0 heterocycles. The van der Waals surface area contributed by atoms with Crippen molar-refractivity contribution in [2.45, 2.75) is 19.7 Å². The zero-order valence-corrected chi connectivity index (χ0v) is 11.9. The number of aryl methyl sites for hydroxylation is 1. The molecule has 0 aliphatic rings. The fourth-order valence-corrected chi connectivity index (χ4v) is 2.05. The minimum absolute atomic E-state index is 0.424. The van der Waals surface area contributed by atoms with Crippen molar-refractivity contribution in [2.24, 2.45) is 0 Å². The van der Waals surface area contributed by atoms with E-state index in [9.17, 15) is 0 Å². The summed E-state index contributed by atoms with van der Waals surface area (Å²) in [6.07, 6.45) is 0. The molecule has 0 unspecified atom stereocenters. The molecule has 0 saturated heterocycles. The highest BCUT2D eigenvalue weighted by atomic mass is 35.5. The lowest BCUT2D eigenvalue weighted by atomic mass is 10.1. The normalized spacial score (nSPS) is 10.3. The Labute approximate surface area is 118 Å². The van der Waals surface area contributed by atoms with Crippen LogP contribution in [0.5, 0.6) is 17.2 Å². The molecule has 2 nitrogen and oxygen atoms in total. The van der Waals surface area contributed by atoms with E-state index in [4.69, 9.17) is 21.1 Å². The van der Waals surface area contributed by atoms with Crippen LogP contribution in [0, 0.1) is 6.92 Å². The molecule has 2 aromatic carbocycles. The van der Waals surface area contributed by atoms with E-state index in [0.717, 1.165) is 17.1 Å². The van der Waals surface area contributed by atoms with Gasteiger partial charge in [-0.1, -0.05) is 29.8 Å². The summed E-state index contributed by atoms with van der Waals surface area (Å²) in [5.41, 5.74) is 2.15. The second-order valence-corrected chi connectivity index (χ2v) is 4.49. The Morgan fingerprint density at radius 2 is 1.74 bits per heavy atom. The van der Waals surface area contributed by atoms with Gasteiger partial charge in [-0.3, -0.25) is 0 Å². The molecule has 0 aromatic heterocycles. The van der Waals surface area contributed by atoms with Crippen LogP contribution in [0.4, 0.5) is 0 Å². The van der Waals surface area contributed by atoms with Crippen molar-refractivity contribution in [3.63, 3.8) is 0 Å². The fraction of sp³-hybridized carbons (Fsp3) is 0.250. The molecule has 0 aliphatic heterocycles. The maximum atomic E-state index is 5.96. The Morgan fingerprint density at radius 1 is 1.00 bits per heavy atom. The molecule has 3 heteroatoms. The van der Waals surface area contributed by atoms with E-state index in [1.54, 1.807) is 0 Å². The van der Waals surface area contributed by atoms with Crippen molar-refractivity contribution >= 4 is 11.6 Å². The Morgan fingerprint density at radius 3 is 2.42 bits per heavy atom. The van der Waals surface area contributed by atoms with Crippen LogP contribution in [-0.2, 0) is 5.88 Å². The summed E-state index contributed by atoms with van der Waals surface area (Å²) in [7, 11) is 0. The van der Waals surface area contributed by atoms with Gasteiger partial charge in [-0.05, 0) is 32.0 Å². The highest BCUT2D eigenvalue weighted by Crippen LogP contribution is 2.33. The lowest BCUT2D eigenvalue weighted by molar-refractivity contribution is 0.321. The molecule has 0 fully saturated rings. The summed E-state index contributed by atoms with van der Waals surface area (Å²) >= 11 is 5.96. The van der Waals surface area contributed by atoms with Gasteiger partial charge in [0.25, 0.3) is 0 Å². The molecule has 0 aliphatic carbocycles. The van der Waals surface area contributed by atoms with E-state index in [1.807, 2.05) is 56.3 Å². The molecule has 2 aromatic rings. The molecule has 0 bridgehead atoms. The first kappa shape index (κ1) is 13.8. The molecular weight excluding hydrogens is 260 g/mol. The Bertz CT molecular complexity index is 552. The molecule has 19 heavy (non-hydrogen) atoms. The monoisotopic (exact) mass is 276 g/mol. The van der Waals surface area contributed by atoms with Gasteiger partial charge in [0, 0.05) is 5.56 Å². The predicted molar refractivity (Wildman–Crippen MR) is 78.4 cm³/mol. The summed E-state index contributed by atoms with van der Waals surface area (Å²) in [5, 5.41) is 0. The zero-order chi connectivity index (χ0) is 13.7. The molecule has 100 valence electrons. The number of halogens is 1. The van der Waals surface area contributed by atoms with Crippen LogP contribution >= 0.6 is 11.6 Å². The van der Waals surface area contributed by atoms with Crippen molar-refractivity contribution in [3.8, 4) is 17.2 Å². The van der Waals surface area contributed by atoms with Crippen LogP contribution in [0.15, 0.2) is 42.5 Å². The van der Waals surface area contributed by atoms with Gasteiger partial charge >= 0.3 is 0 Å². The maximum absolute atomic E-state index is 5.96. The molecular formula is C16H17ClO2. The van der Waals surface area contributed by atoms with Gasteiger partial charge < -0.3 is 9.47 Å². The third-order valence-corrected chi connectivity index (χ3v) is 3.02. The summed E-state index contributed by atoms with van der Waals surface area (Å²) in [5.74, 6) is 2.65. The van der Waals surface area contributed by atoms with Crippen molar-refractivity contribution in [2.75, 3.05) is 6.61 Å². The van der Waals surface area contributed by atoms with Crippen LogP contribution in [-0.4, -0.2) is 6.61 Å². The van der Waals surface area contributed by atoms with Crippen LogP contribution in [0.1, 0.15) is 18.1 Å². The second kappa shape index (κ2) is 6.48. The van der Waals surface area contributed by atoms with Crippen molar-refractivity contribution in [1.82, 2.24) is 0 Å². The van der Waals surface area contributed by atoms with E-state index in [2.05, 4.69) is 0 Å². The van der Waals surface area contributed by atoms with Gasteiger partial charge in [0.2, 0.25) is 0 Å². The maximum Gasteiger partial charge on any atom is 0.169 e. The third-order valence-electron chi connectivity index (χ3n) is 2.73. The minimum Gasteiger partial charge on any atom is -0.490 e. The number of alkyl halides is 1. The lowest BCUT2D eigenvalue weighted by Crippen LogP contribution is -1.96. The fourth-order valence-electron chi connectivity index (χ4n) is 1.84. The Hall–Kier alpha value is -1.67. The van der Waals surface area contributed by atoms with E-state index in [0.29, 0.717) is 18.2 Å². The first-order valence-electron chi connectivity index (χ1n) is 6.29. The van der Waals surface area contributed by atoms with E-state index < -0.39 is 0 Å². The Kier molecular flexibility index (Phi) is 4.69. The molecule has 0 atom stereocenters. The number of hydrogen-bond acceptors (Lipinski definition) is 2. The van der Waals surface area contributed by atoms with Gasteiger partial charge in [0.1, 0.15) is 5.75 Å². The number of para-hydroxylation sites is 2. The van der Waals surface area contributed by atoms with Crippen molar-refractivity contribution in [1.29, 1.82) is 0 Å². The summed E-state index contributed by atoms with van der Waals surface area (Å²) < 4.78 is 11.5. The van der Waals surface area contributed by atoms with Gasteiger partial charge in [-0.15, -0.1) is 11.6 Å². The Balaban J connectivity index is 2.30. The molecule has 0 spiro atoms. The number of rotatable bonds is 5. The SMILES string of the molecule is CCOc1ccccc1Oc1ccc(C)cc1CCl. The summed E-state index contributed by atoms with van der Waals surface area (Å²) in [4.78, 5) is 0. The van der Waals surface area contributed by atoms with E-state index in [-0.39, 0.29) is 0 Å². The number of benzene rings is 2. The van der Waals surface area contributed by atoms with Gasteiger partial charge in [-0.2, -0.15) is 0 Å². The highest BCUT2D eigenvalue weighted by molar-refractivity contribution is 6.17. The second-order valence-electron chi connectivity index (χ2n) is 4.23. The van der Waals surface area contributed by atoms with E-state index in [1.165, 1.54) is 5.56 Å². The molecule has 2 rings (SSSR count). The topological polar surface area (TPSA) is 18.5 Å². The average Bonchev–Trinajstić information content (AvgIpc) is 2.43. The van der Waals surface area contributed by atoms with E-state index >= 15 is 0 Å². The van der Waals surface area contributed by atoms with Crippen LogP contribution < -0.4 is 9.47 Å². The van der Waals surface area contributed by atoms with Crippen LogP contribution in [0.2, 0.25) is 0 Å². The largest absolute Gasteiger partial charge is 0.490 e. The highest BCUT2D eigenvalue weighted by Gasteiger charge is 2.08. The van der Waals surface area contributed by atoms with Gasteiger partial charge in [0.15, 0.2) is 11.5 Å². The molecule has 0 saturated carbocycles. The smallest absolute Gasteiger partial charge is 0.169 e. The third kappa shape index (κ3) is 3.42. The molecule has 0 amide bonds. The van der Waals surface area contributed by atoms with Crippen LogP contribution in [0.3, 0.4) is 0 Å². The van der Waals surface area contributed by atoms with Gasteiger partial charge in [-0.25, -0.2) is 0 Å². The first-order valence-corrected chi connectivity index (χ1v) is 6.83. The van der Waals surface area contributed by atoms with Crippen LogP contribution in [0.25, 0.3) is 0 Å². The van der Waals surface area contributed by atoms with Crippen molar-refractivity contribution < 1.29 is 9.47 Å². The quantitative estimate of drug-likeness (QED) is 0.721. The zero-order valence-electron chi connectivity index (χ0n) is 11.2.